The third kappa shape index (κ3) is 5.92. The lowest BCUT2D eigenvalue weighted by molar-refractivity contribution is 0.0833. The number of aliphatic imine (C=N–C) groups is 1. The molecular weight excluding hydrogens is 709 g/mol. The molecule has 5 nitrogen and oxygen atoms in total. The first-order valence-corrected chi connectivity index (χ1v) is 20.8. The first-order chi connectivity index (χ1) is 28.6. The van der Waals surface area contributed by atoms with E-state index in [2.05, 4.69) is 187 Å². The Labute approximate surface area is 339 Å². The average Bonchev–Trinajstić information content (AvgIpc) is 4.13. The summed E-state index contributed by atoms with van der Waals surface area (Å²) < 4.78 is 1.98. The van der Waals surface area contributed by atoms with E-state index in [-0.39, 0.29) is 11.8 Å². The molecule has 0 amide bonds. The molecule has 6 heterocycles. The van der Waals surface area contributed by atoms with E-state index in [1.807, 2.05) is 4.57 Å². The molecule has 2 atom stereocenters. The van der Waals surface area contributed by atoms with Gasteiger partial charge in [-0.1, -0.05) is 160 Å². The van der Waals surface area contributed by atoms with Crippen molar-refractivity contribution in [2.45, 2.75) is 50.9 Å². The summed E-state index contributed by atoms with van der Waals surface area (Å²) in [7, 11) is 0. The van der Waals surface area contributed by atoms with Crippen LogP contribution in [0, 0.1) is 5.92 Å². The smallest absolute Gasteiger partial charge is 0.235 e. The third-order valence-corrected chi connectivity index (χ3v) is 12.3. The van der Waals surface area contributed by atoms with Gasteiger partial charge in [-0.2, -0.15) is 0 Å². The van der Waals surface area contributed by atoms with E-state index >= 15 is 4.79 Å². The van der Waals surface area contributed by atoms with Crippen LogP contribution < -0.4 is 10.7 Å². The molecule has 4 aromatic carbocycles. The Morgan fingerprint density at radius 3 is 1.88 bits per heavy atom. The number of hydrogen-bond donors (Lipinski definition) is 2. The molecule has 0 spiro atoms. The molecule has 10 rings (SSSR count). The molecule has 8 bridgehead atoms. The van der Waals surface area contributed by atoms with Crippen molar-refractivity contribution in [3.8, 4) is 0 Å². The number of hydrogen-bond acceptors (Lipinski definition) is 2. The fraction of sp³-hybridized carbons (Fsp3) is 0.170. The molecule has 5 heteroatoms. The maximum Gasteiger partial charge on any atom is 0.235 e. The van der Waals surface area contributed by atoms with Crippen molar-refractivity contribution in [2.75, 3.05) is 0 Å². The lowest BCUT2D eigenvalue weighted by Gasteiger charge is -2.34. The largest absolute Gasteiger partial charge is 0.357 e. The van der Waals surface area contributed by atoms with E-state index in [1.54, 1.807) is 0 Å². The fourth-order valence-corrected chi connectivity index (χ4v) is 9.71. The Kier molecular flexibility index (Phi) is 9.22. The predicted octanol–water partition coefficient (Wildman–Crippen LogP) is 10.3. The van der Waals surface area contributed by atoms with Crippen molar-refractivity contribution in [1.29, 1.82) is 0 Å². The second kappa shape index (κ2) is 15.0. The van der Waals surface area contributed by atoms with Gasteiger partial charge in [0.2, 0.25) is 5.91 Å². The maximum atomic E-state index is 15.3. The lowest BCUT2D eigenvalue weighted by Crippen LogP contribution is -2.37. The summed E-state index contributed by atoms with van der Waals surface area (Å²) >= 11 is 0. The molecule has 284 valence electrons. The van der Waals surface area contributed by atoms with Gasteiger partial charge in [-0.15, -0.1) is 0 Å². The molecule has 2 unspecified atom stereocenters. The number of H-pyrrole nitrogens is 2. The minimum Gasteiger partial charge on any atom is -0.357 e. The monoisotopic (exact) mass is 754 g/mol. The van der Waals surface area contributed by atoms with E-state index in [4.69, 9.17) is 4.99 Å². The molecule has 0 radical (unpaired) electrons. The summed E-state index contributed by atoms with van der Waals surface area (Å²) in [5, 5.41) is 1.95. The summed E-state index contributed by atoms with van der Waals surface area (Å²) in [6.45, 7) is 2.25. The van der Waals surface area contributed by atoms with Crippen LogP contribution in [0.1, 0.15) is 95.1 Å². The van der Waals surface area contributed by atoms with Crippen molar-refractivity contribution in [3.63, 3.8) is 0 Å². The van der Waals surface area contributed by atoms with E-state index in [0.29, 0.717) is 0 Å². The number of benzene rings is 4. The van der Waals surface area contributed by atoms with E-state index in [0.717, 1.165) is 103 Å². The first kappa shape index (κ1) is 35.7. The lowest BCUT2D eigenvalue weighted by atomic mass is 9.65. The molecule has 3 aromatic heterocycles. The Hall–Kier alpha value is -6.72. The predicted molar refractivity (Wildman–Crippen MR) is 235 cm³/mol. The summed E-state index contributed by atoms with van der Waals surface area (Å²) in [5.74, 6) is -0.151. The van der Waals surface area contributed by atoms with Crippen molar-refractivity contribution < 1.29 is 4.79 Å². The quantitative estimate of drug-likeness (QED) is 0.134. The normalized spacial score (nSPS) is 21.4. The second-order valence-corrected chi connectivity index (χ2v) is 15.8. The highest BCUT2D eigenvalue weighted by molar-refractivity contribution is 6.30. The van der Waals surface area contributed by atoms with Crippen LogP contribution >= 0.6 is 0 Å². The van der Waals surface area contributed by atoms with E-state index in [9.17, 15) is 0 Å². The molecule has 3 aliphatic heterocycles. The second-order valence-electron chi connectivity index (χ2n) is 15.8. The highest BCUT2D eigenvalue weighted by atomic mass is 16.2. The first-order valence-electron chi connectivity index (χ1n) is 20.8. The number of aromatic amines is 2. The number of carbonyl (C=O) groups excluding carboxylic acids is 1. The van der Waals surface area contributed by atoms with E-state index < -0.39 is 5.41 Å². The van der Waals surface area contributed by atoms with Gasteiger partial charge in [0.1, 0.15) is 0 Å². The minimum atomic E-state index is -0.764. The van der Waals surface area contributed by atoms with Crippen molar-refractivity contribution in [2.24, 2.45) is 10.9 Å². The maximum absolute atomic E-state index is 15.3. The van der Waals surface area contributed by atoms with Gasteiger partial charge in [-0.25, -0.2) is 4.99 Å². The van der Waals surface area contributed by atoms with Gasteiger partial charge < -0.3 is 9.97 Å². The van der Waals surface area contributed by atoms with Crippen LogP contribution in [0.25, 0.3) is 16.7 Å². The molecule has 3 aliphatic rings. The van der Waals surface area contributed by atoms with Gasteiger partial charge >= 0.3 is 0 Å². The fourth-order valence-electron chi connectivity index (χ4n) is 9.71. The molecule has 0 aliphatic carbocycles. The van der Waals surface area contributed by atoms with Crippen LogP contribution in [0.2, 0.25) is 0 Å². The number of allylic oxidation sites excluding steroid dienone is 2. The molecule has 0 fully saturated rings. The SMILES string of the molecule is CCCCCCCC1C(=O)n2cc3cc2C1(c1ccccc1)c1ccc([nH]1)/C(c1ccccc1)=C1/C=CC(=N1)/C(c1ccccc1)=c1/cc/c([nH]1)=C/3c1ccccc1. The van der Waals surface area contributed by atoms with Gasteiger partial charge in [-0.05, 0) is 71.2 Å². The summed E-state index contributed by atoms with van der Waals surface area (Å²) in [6, 6.07) is 53.4. The number of unbranched alkanes of at least 4 members (excludes halogenated alkanes) is 4. The number of aromatic nitrogens is 3. The van der Waals surface area contributed by atoms with Crippen molar-refractivity contribution >= 4 is 28.3 Å². The minimum absolute atomic E-state index is 0.145. The molecule has 0 saturated carbocycles. The zero-order valence-corrected chi connectivity index (χ0v) is 32.8. The van der Waals surface area contributed by atoms with Crippen LogP contribution in [0.4, 0.5) is 0 Å². The van der Waals surface area contributed by atoms with Gasteiger partial charge in [0, 0.05) is 56.3 Å². The number of nitrogens with one attached hydrogen (secondary N) is 2. The highest BCUT2D eigenvalue weighted by Crippen LogP contribution is 2.53. The zero-order chi connectivity index (χ0) is 39.1. The Balaban J connectivity index is 1.32. The topological polar surface area (TPSA) is 65.9 Å². The van der Waals surface area contributed by atoms with Gasteiger partial charge in [0.05, 0.1) is 22.7 Å². The Morgan fingerprint density at radius 2 is 1.21 bits per heavy atom. The zero-order valence-electron chi connectivity index (χ0n) is 32.8. The average molecular weight is 755 g/mol. The molecule has 58 heavy (non-hydrogen) atoms. The van der Waals surface area contributed by atoms with Gasteiger partial charge in [-0.3, -0.25) is 9.36 Å². The molecule has 0 saturated heterocycles. The van der Waals surface area contributed by atoms with Gasteiger partial charge in [0.15, 0.2) is 0 Å². The number of carbonyl (C=O) groups is 1. The molecule has 7 aromatic rings. The van der Waals surface area contributed by atoms with Crippen LogP contribution in [-0.2, 0) is 5.41 Å². The van der Waals surface area contributed by atoms with Crippen molar-refractivity contribution in [3.05, 3.63) is 231 Å². The number of fused-ring (bicyclic) bond motifs is 7. The van der Waals surface area contributed by atoms with E-state index in [1.165, 1.54) is 19.3 Å². The van der Waals surface area contributed by atoms with Crippen LogP contribution in [0.5, 0.6) is 0 Å². The van der Waals surface area contributed by atoms with Crippen LogP contribution in [0.15, 0.2) is 181 Å². The van der Waals surface area contributed by atoms with Crippen LogP contribution in [0.3, 0.4) is 0 Å². The summed E-state index contributed by atoms with van der Waals surface area (Å²) in [5.41, 5.74) is 12.4. The standard InChI is InChI=1S/C53H46N4O/c1-2-3-4-5-18-27-41-52(58)57-35-39-34-48(57)53(41,40-25-16-9-17-26-40)47-33-32-46(56-47)51(38-23-14-8-15-24-38)45-31-30-44(55-45)50(37-21-12-7-13-22-37)43-29-28-42(54-43)49(39)36-19-10-6-11-20-36/h6-17,19-26,28-35,41,54,56H,2-5,18,27H2,1H3/b49-42-,50-43-,51-45-. The van der Waals surface area contributed by atoms with Crippen molar-refractivity contribution in [1.82, 2.24) is 14.5 Å². The molecular formula is C53H46N4O. The Morgan fingerprint density at radius 1 is 0.603 bits per heavy atom. The summed E-state index contributed by atoms with van der Waals surface area (Å²) in [4.78, 5) is 28.6. The highest BCUT2D eigenvalue weighted by Gasteiger charge is 2.55. The third-order valence-electron chi connectivity index (χ3n) is 12.3. The number of rotatable bonds is 10. The Bertz CT molecular complexity index is 2850. The van der Waals surface area contributed by atoms with Gasteiger partial charge in [0.25, 0.3) is 0 Å². The number of nitrogens with zero attached hydrogens (tertiary/aromatic N) is 2. The molecule has 2 N–H and O–H groups in total. The van der Waals surface area contributed by atoms with Crippen LogP contribution in [-0.4, -0.2) is 26.2 Å². The summed E-state index contributed by atoms with van der Waals surface area (Å²) in [6.07, 6.45) is 12.9.